The molecule has 14 heavy (non-hydrogen) atoms. The van der Waals surface area contributed by atoms with Gasteiger partial charge in [0.1, 0.15) is 11.8 Å². The van der Waals surface area contributed by atoms with Crippen molar-refractivity contribution in [1.29, 1.82) is 5.26 Å². The Morgan fingerprint density at radius 1 is 1.50 bits per heavy atom. The van der Waals surface area contributed by atoms with Crippen LogP contribution in [0.1, 0.15) is 5.56 Å². The molecule has 0 aliphatic carbocycles. The van der Waals surface area contributed by atoms with Crippen molar-refractivity contribution in [2.24, 2.45) is 5.73 Å². The number of ether oxygens (including phenoxy) is 1. The molecule has 1 aromatic carbocycles. The minimum atomic E-state index is 0.00988. The number of hydrogen-bond donors (Lipinski definition) is 1. The maximum Gasteiger partial charge on any atom is 0.174 e. The Hall–Kier alpha value is -1.24. The van der Waals surface area contributed by atoms with E-state index in [-0.39, 0.29) is 6.61 Å². The van der Waals surface area contributed by atoms with Crippen LogP contribution >= 0.6 is 11.6 Å². The second-order valence-electron chi connectivity index (χ2n) is 2.75. The molecule has 3 nitrogen and oxygen atoms in total. The summed E-state index contributed by atoms with van der Waals surface area (Å²) in [6.07, 6.45) is 0.790. The molecule has 0 fully saturated rings. The fourth-order valence-corrected chi connectivity index (χ4v) is 1.35. The molecule has 0 atom stereocenters. The number of nitrogens with two attached hydrogens (primary N) is 1. The Morgan fingerprint density at radius 3 is 2.86 bits per heavy atom. The second kappa shape index (κ2) is 5.48. The average Bonchev–Trinajstić information content (AvgIpc) is 2.17. The number of halogens is 1. The Bertz CT molecular complexity index is 346. The van der Waals surface area contributed by atoms with Crippen molar-refractivity contribution in [2.45, 2.75) is 6.42 Å². The van der Waals surface area contributed by atoms with Gasteiger partial charge in [-0.2, -0.15) is 5.26 Å². The standard InChI is InChI=1S/C10H11ClN2O/c11-9-7-8(3-4-12)1-2-10(9)14-6-5-13/h1-2,7H,3-4,6,12H2. The van der Waals surface area contributed by atoms with E-state index >= 15 is 0 Å². The third kappa shape index (κ3) is 2.91. The van der Waals surface area contributed by atoms with Crippen molar-refractivity contribution in [3.8, 4) is 11.8 Å². The SMILES string of the molecule is N#CCOc1ccc(CCN)cc1Cl. The van der Waals surface area contributed by atoms with Crippen LogP contribution in [-0.2, 0) is 6.42 Å². The van der Waals surface area contributed by atoms with E-state index in [2.05, 4.69) is 0 Å². The first-order valence-corrected chi connectivity index (χ1v) is 4.64. The fourth-order valence-electron chi connectivity index (χ4n) is 1.09. The molecule has 0 bridgehead atoms. The molecule has 4 heteroatoms. The Kier molecular flexibility index (Phi) is 4.24. The van der Waals surface area contributed by atoms with Crippen molar-refractivity contribution in [1.82, 2.24) is 0 Å². The van der Waals surface area contributed by atoms with Gasteiger partial charge in [0.2, 0.25) is 0 Å². The Balaban J connectivity index is 2.75. The van der Waals surface area contributed by atoms with Crippen LogP contribution in [0.3, 0.4) is 0 Å². The van der Waals surface area contributed by atoms with Gasteiger partial charge in [-0.05, 0) is 30.7 Å². The highest BCUT2D eigenvalue weighted by atomic mass is 35.5. The summed E-state index contributed by atoms with van der Waals surface area (Å²) in [6, 6.07) is 7.34. The molecule has 0 amide bonds. The van der Waals surface area contributed by atoms with Gasteiger partial charge < -0.3 is 10.5 Å². The minimum Gasteiger partial charge on any atom is -0.477 e. The third-order valence-electron chi connectivity index (χ3n) is 1.72. The van der Waals surface area contributed by atoms with E-state index in [9.17, 15) is 0 Å². The molecule has 0 aliphatic heterocycles. The number of nitrogens with zero attached hydrogens (tertiary/aromatic N) is 1. The molecule has 0 spiro atoms. The number of hydrogen-bond acceptors (Lipinski definition) is 3. The van der Waals surface area contributed by atoms with Gasteiger partial charge in [-0.1, -0.05) is 17.7 Å². The van der Waals surface area contributed by atoms with Gasteiger partial charge in [0.25, 0.3) is 0 Å². The van der Waals surface area contributed by atoms with Crippen LogP contribution in [0, 0.1) is 11.3 Å². The summed E-state index contributed by atoms with van der Waals surface area (Å²) in [6.45, 7) is 0.602. The average molecular weight is 211 g/mol. The van der Waals surface area contributed by atoms with Crippen LogP contribution in [0.2, 0.25) is 5.02 Å². The fraction of sp³-hybridized carbons (Fsp3) is 0.300. The van der Waals surface area contributed by atoms with E-state index in [1.807, 2.05) is 12.1 Å². The molecule has 0 aliphatic rings. The Labute approximate surface area is 88.0 Å². The monoisotopic (exact) mass is 210 g/mol. The Morgan fingerprint density at radius 2 is 2.29 bits per heavy atom. The van der Waals surface area contributed by atoms with Gasteiger partial charge in [0, 0.05) is 0 Å². The van der Waals surface area contributed by atoms with Crippen molar-refractivity contribution < 1.29 is 4.74 Å². The van der Waals surface area contributed by atoms with Crippen LogP contribution in [0.25, 0.3) is 0 Å². The zero-order valence-electron chi connectivity index (χ0n) is 7.66. The van der Waals surface area contributed by atoms with E-state index in [0.29, 0.717) is 17.3 Å². The summed E-state index contributed by atoms with van der Waals surface area (Å²) in [5.41, 5.74) is 6.48. The van der Waals surface area contributed by atoms with Gasteiger partial charge in [0.15, 0.2) is 6.61 Å². The smallest absolute Gasteiger partial charge is 0.174 e. The molecule has 0 aromatic heterocycles. The predicted octanol–water partition coefficient (Wildman–Crippen LogP) is 1.74. The lowest BCUT2D eigenvalue weighted by Crippen LogP contribution is -2.02. The first-order valence-electron chi connectivity index (χ1n) is 4.26. The number of nitriles is 1. The molecular weight excluding hydrogens is 200 g/mol. The van der Waals surface area contributed by atoms with E-state index in [1.54, 1.807) is 12.1 Å². The van der Waals surface area contributed by atoms with Gasteiger partial charge in [-0.3, -0.25) is 0 Å². The zero-order valence-corrected chi connectivity index (χ0v) is 8.42. The van der Waals surface area contributed by atoms with Gasteiger partial charge in [-0.25, -0.2) is 0 Å². The summed E-state index contributed by atoms with van der Waals surface area (Å²) in [5, 5.41) is 8.84. The largest absolute Gasteiger partial charge is 0.477 e. The van der Waals surface area contributed by atoms with Gasteiger partial charge in [-0.15, -0.1) is 0 Å². The summed E-state index contributed by atoms with van der Waals surface area (Å²) >= 11 is 5.93. The van der Waals surface area contributed by atoms with Crippen molar-refractivity contribution in [3.05, 3.63) is 28.8 Å². The summed E-state index contributed by atoms with van der Waals surface area (Å²) in [5.74, 6) is 0.536. The number of benzene rings is 1. The maximum atomic E-state index is 8.32. The summed E-state index contributed by atoms with van der Waals surface area (Å²) in [4.78, 5) is 0. The maximum absolute atomic E-state index is 8.32. The van der Waals surface area contributed by atoms with Crippen LogP contribution in [0.4, 0.5) is 0 Å². The predicted molar refractivity (Wildman–Crippen MR) is 55.3 cm³/mol. The molecular formula is C10H11ClN2O. The quantitative estimate of drug-likeness (QED) is 0.824. The van der Waals surface area contributed by atoms with E-state index in [1.165, 1.54) is 0 Å². The summed E-state index contributed by atoms with van der Waals surface area (Å²) < 4.78 is 5.09. The molecule has 1 rings (SSSR count). The zero-order chi connectivity index (χ0) is 10.4. The normalized spacial score (nSPS) is 9.50. The van der Waals surface area contributed by atoms with E-state index in [0.717, 1.165) is 12.0 Å². The van der Waals surface area contributed by atoms with Gasteiger partial charge in [0.05, 0.1) is 5.02 Å². The molecule has 0 radical (unpaired) electrons. The van der Waals surface area contributed by atoms with Crippen LogP contribution < -0.4 is 10.5 Å². The second-order valence-corrected chi connectivity index (χ2v) is 3.16. The first kappa shape index (κ1) is 10.8. The first-order chi connectivity index (χ1) is 6.77. The molecule has 0 saturated heterocycles. The number of rotatable bonds is 4. The van der Waals surface area contributed by atoms with E-state index < -0.39 is 0 Å². The van der Waals surface area contributed by atoms with Crippen LogP contribution in [-0.4, -0.2) is 13.2 Å². The van der Waals surface area contributed by atoms with Crippen molar-refractivity contribution >= 4 is 11.6 Å². The van der Waals surface area contributed by atoms with E-state index in [4.69, 9.17) is 27.3 Å². The molecule has 2 N–H and O–H groups in total. The van der Waals surface area contributed by atoms with Crippen molar-refractivity contribution in [2.75, 3.05) is 13.2 Å². The molecule has 0 saturated carbocycles. The molecule has 1 aromatic rings. The highest BCUT2D eigenvalue weighted by Crippen LogP contribution is 2.25. The molecule has 0 heterocycles. The van der Waals surface area contributed by atoms with Crippen LogP contribution in [0.15, 0.2) is 18.2 Å². The van der Waals surface area contributed by atoms with Gasteiger partial charge >= 0.3 is 0 Å². The van der Waals surface area contributed by atoms with Crippen molar-refractivity contribution in [3.63, 3.8) is 0 Å². The van der Waals surface area contributed by atoms with Crippen LogP contribution in [0.5, 0.6) is 5.75 Å². The highest BCUT2D eigenvalue weighted by molar-refractivity contribution is 6.32. The molecule has 0 unspecified atom stereocenters. The lowest BCUT2D eigenvalue weighted by atomic mass is 10.1. The summed E-state index contributed by atoms with van der Waals surface area (Å²) in [7, 11) is 0. The third-order valence-corrected chi connectivity index (χ3v) is 2.02. The molecule has 74 valence electrons. The lowest BCUT2D eigenvalue weighted by molar-refractivity contribution is 0.368. The highest BCUT2D eigenvalue weighted by Gasteiger charge is 2.02. The minimum absolute atomic E-state index is 0.00988. The topological polar surface area (TPSA) is 59.0 Å². The lowest BCUT2D eigenvalue weighted by Gasteiger charge is -2.05.